The average molecular weight is 371 g/mol. The summed E-state index contributed by atoms with van der Waals surface area (Å²) in [7, 11) is 0. The minimum atomic E-state index is -0.140. The van der Waals surface area contributed by atoms with Gasteiger partial charge in [0.15, 0.2) is 0 Å². The highest BCUT2D eigenvalue weighted by Gasteiger charge is 2.15. The molecular weight excluding hydrogens is 352 g/mol. The summed E-state index contributed by atoms with van der Waals surface area (Å²) >= 11 is 3.13. The first-order valence-electron chi connectivity index (χ1n) is 8.27. The fourth-order valence-electron chi connectivity index (χ4n) is 2.85. The number of hydrogen-bond donors (Lipinski definition) is 1. The van der Waals surface area contributed by atoms with Crippen LogP contribution in [0.5, 0.6) is 0 Å². The fraction of sp³-hybridized carbons (Fsp3) is 0.278. The molecule has 3 aromatic heterocycles. The maximum Gasteiger partial charge on any atom is 0.271 e. The van der Waals surface area contributed by atoms with Crippen LogP contribution < -0.4 is 10.2 Å². The summed E-state index contributed by atoms with van der Waals surface area (Å²) in [5.74, 6) is 0.858. The van der Waals surface area contributed by atoms with Crippen LogP contribution in [-0.4, -0.2) is 29.0 Å². The van der Waals surface area contributed by atoms with Crippen LogP contribution in [0.3, 0.4) is 0 Å². The van der Waals surface area contributed by atoms with E-state index in [1.54, 1.807) is 11.3 Å². The zero-order valence-corrected chi connectivity index (χ0v) is 15.3. The van der Waals surface area contributed by atoms with E-state index in [0.717, 1.165) is 34.4 Å². The van der Waals surface area contributed by atoms with Gasteiger partial charge in [-0.05, 0) is 42.0 Å². The first-order valence-corrected chi connectivity index (χ1v) is 10.0. The molecule has 1 N–H and O–H groups in total. The Bertz CT molecular complexity index is 854. The number of thiophene rings is 1. The second kappa shape index (κ2) is 7.33. The molecule has 0 radical (unpaired) electrons. The maximum atomic E-state index is 12.4. The van der Waals surface area contributed by atoms with Crippen LogP contribution in [-0.2, 0) is 6.54 Å². The van der Waals surface area contributed by atoms with E-state index in [1.165, 1.54) is 24.2 Å². The Kier molecular flexibility index (Phi) is 4.76. The molecule has 0 unspecified atom stereocenters. The number of anilines is 1. The molecule has 25 heavy (non-hydrogen) atoms. The number of pyridine rings is 1. The Balaban J connectivity index is 1.39. The number of carbonyl (C=O) groups is 1. The smallest absolute Gasteiger partial charge is 0.271 e. The van der Waals surface area contributed by atoms with Crippen molar-refractivity contribution in [2.75, 3.05) is 18.0 Å². The van der Waals surface area contributed by atoms with Gasteiger partial charge in [0.2, 0.25) is 0 Å². The zero-order chi connectivity index (χ0) is 17.1. The van der Waals surface area contributed by atoms with Crippen molar-refractivity contribution >= 4 is 34.4 Å². The second-order valence-electron chi connectivity index (χ2n) is 5.91. The number of amides is 1. The molecule has 0 spiro atoms. The van der Waals surface area contributed by atoms with Gasteiger partial charge in [0.1, 0.15) is 16.5 Å². The largest absolute Gasteiger partial charge is 0.357 e. The monoisotopic (exact) mass is 370 g/mol. The Hall–Kier alpha value is -2.25. The summed E-state index contributed by atoms with van der Waals surface area (Å²) in [6.07, 6.45) is 4.25. The lowest BCUT2D eigenvalue weighted by molar-refractivity contribution is 0.0946. The van der Waals surface area contributed by atoms with Gasteiger partial charge in [-0.1, -0.05) is 6.07 Å². The van der Waals surface area contributed by atoms with E-state index in [9.17, 15) is 4.79 Å². The highest BCUT2D eigenvalue weighted by molar-refractivity contribution is 7.20. The Morgan fingerprint density at radius 2 is 2.12 bits per heavy atom. The molecule has 0 aromatic carbocycles. The van der Waals surface area contributed by atoms with Gasteiger partial charge in [-0.15, -0.1) is 22.7 Å². The Morgan fingerprint density at radius 1 is 1.24 bits per heavy atom. The van der Waals surface area contributed by atoms with Crippen LogP contribution in [0.2, 0.25) is 0 Å². The van der Waals surface area contributed by atoms with E-state index < -0.39 is 0 Å². The Labute approximate surface area is 154 Å². The summed E-state index contributed by atoms with van der Waals surface area (Å²) in [4.78, 5) is 24.6. The Morgan fingerprint density at radius 3 is 2.92 bits per heavy atom. The lowest BCUT2D eigenvalue weighted by atomic mass is 10.2. The molecule has 1 saturated heterocycles. The molecule has 1 aliphatic rings. The van der Waals surface area contributed by atoms with Crippen molar-refractivity contribution < 1.29 is 4.79 Å². The molecule has 5 nitrogen and oxygen atoms in total. The highest BCUT2D eigenvalue weighted by atomic mass is 32.1. The van der Waals surface area contributed by atoms with Crippen LogP contribution in [0.1, 0.15) is 28.9 Å². The third kappa shape index (κ3) is 3.72. The van der Waals surface area contributed by atoms with Gasteiger partial charge in [-0.3, -0.25) is 4.79 Å². The zero-order valence-electron chi connectivity index (χ0n) is 13.6. The normalized spacial score (nSPS) is 14.0. The van der Waals surface area contributed by atoms with Crippen molar-refractivity contribution in [3.8, 4) is 9.88 Å². The van der Waals surface area contributed by atoms with Crippen LogP contribution in [0.25, 0.3) is 9.88 Å². The third-order valence-corrected chi connectivity index (χ3v) is 6.04. The number of nitrogens with zero attached hydrogens (tertiary/aromatic N) is 3. The van der Waals surface area contributed by atoms with Crippen molar-refractivity contribution in [1.82, 2.24) is 15.3 Å². The van der Waals surface area contributed by atoms with Crippen molar-refractivity contribution in [3.63, 3.8) is 0 Å². The molecule has 0 saturated carbocycles. The quantitative estimate of drug-likeness (QED) is 0.742. The summed E-state index contributed by atoms with van der Waals surface area (Å²) in [5.41, 5.74) is 1.53. The van der Waals surface area contributed by atoms with Gasteiger partial charge in [-0.25, -0.2) is 9.97 Å². The van der Waals surface area contributed by atoms with E-state index in [4.69, 9.17) is 0 Å². The topological polar surface area (TPSA) is 58.1 Å². The summed E-state index contributed by atoms with van der Waals surface area (Å²) in [5, 5.41) is 7.67. The molecule has 0 bridgehead atoms. The summed E-state index contributed by atoms with van der Waals surface area (Å²) in [6.45, 7) is 2.61. The molecule has 0 atom stereocenters. The van der Waals surface area contributed by atoms with Gasteiger partial charge in [0.25, 0.3) is 5.91 Å². The predicted octanol–water partition coefficient (Wildman–Crippen LogP) is 3.80. The molecule has 0 aliphatic carbocycles. The molecule has 1 amide bonds. The SMILES string of the molecule is O=C(NCc1ccnc(N2CCCC2)c1)c1csc(-c2cccs2)n1. The maximum absolute atomic E-state index is 12.4. The number of carbonyl (C=O) groups excluding carboxylic acids is 1. The van der Waals surface area contributed by atoms with Crippen LogP contribution in [0.4, 0.5) is 5.82 Å². The first kappa shape index (κ1) is 16.2. The number of thiazole rings is 1. The average Bonchev–Trinajstić information content (AvgIpc) is 3.41. The first-order chi connectivity index (χ1) is 12.3. The van der Waals surface area contributed by atoms with Gasteiger partial charge in [-0.2, -0.15) is 0 Å². The lowest BCUT2D eigenvalue weighted by Crippen LogP contribution is -2.24. The standard InChI is InChI=1S/C18H18N4OS2/c23-17(14-12-25-18(21-14)15-4-3-9-24-15)20-11-13-5-6-19-16(10-13)22-7-1-2-8-22/h3-6,9-10,12H,1-2,7-8,11H2,(H,20,23). The molecule has 128 valence electrons. The highest BCUT2D eigenvalue weighted by Crippen LogP contribution is 2.27. The van der Waals surface area contributed by atoms with Crippen LogP contribution in [0.15, 0.2) is 41.2 Å². The van der Waals surface area contributed by atoms with Crippen molar-refractivity contribution in [2.45, 2.75) is 19.4 Å². The number of nitrogens with one attached hydrogen (secondary N) is 1. The van der Waals surface area contributed by atoms with Crippen molar-refractivity contribution in [3.05, 3.63) is 52.5 Å². The summed E-state index contributed by atoms with van der Waals surface area (Å²) in [6, 6.07) is 8.01. The van der Waals surface area contributed by atoms with Gasteiger partial charge in [0.05, 0.1) is 4.88 Å². The van der Waals surface area contributed by atoms with E-state index in [1.807, 2.05) is 35.2 Å². The minimum Gasteiger partial charge on any atom is -0.357 e. The fourth-order valence-corrected chi connectivity index (χ4v) is 4.47. The van der Waals surface area contributed by atoms with E-state index in [-0.39, 0.29) is 5.91 Å². The molecule has 3 aromatic rings. The predicted molar refractivity (Wildman–Crippen MR) is 102 cm³/mol. The lowest BCUT2D eigenvalue weighted by Gasteiger charge is -2.16. The van der Waals surface area contributed by atoms with Crippen LogP contribution >= 0.6 is 22.7 Å². The number of rotatable bonds is 5. The van der Waals surface area contributed by atoms with Gasteiger partial charge < -0.3 is 10.2 Å². The third-order valence-electron chi connectivity index (χ3n) is 4.16. The second-order valence-corrected chi connectivity index (χ2v) is 7.72. The summed E-state index contributed by atoms with van der Waals surface area (Å²) < 4.78 is 0. The molecule has 4 heterocycles. The number of hydrogen-bond acceptors (Lipinski definition) is 6. The van der Waals surface area contributed by atoms with E-state index in [2.05, 4.69) is 26.3 Å². The molecule has 1 fully saturated rings. The van der Waals surface area contributed by atoms with Gasteiger partial charge in [0, 0.05) is 31.2 Å². The molecule has 4 rings (SSSR count). The number of aromatic nitrogens is 2. The van der Waals surface area contributed by atoms with E-state index >= 15 is 0 Å². The minimum absolute atomic E-state index is 0.140. The van der Waals surface area contributed by atoms with E-state index in [0.29, 0.717) is 12.2 Å². The molecule has 7 heteroatoms. The van der Waals surface area contributed by atoms with Crippen LogP contribution in [0, 0.1) is 0 Å². The molecule has 1 aliphatic heterocycles. The van der Waals surface area contributed by atoms with Gasteiger partial charge >= 0.3 is 0 Å². The molecular formula is C18H18N4OS2. The van der Waals surface area contributed by atoms with Crippen molar-refractivity contribution in [1.29, 1.82) is 0 Å². The van der Waals surface area contributed by atoms with Crippen molar-refractivity contribution in [2.24, 2.45) is 0 Å².